The number of rotatable bonds is 0. The highest BCUT2D eigenvalue weighted by Gasteiger charge is 2.13. The molecule has 0 aliphatic carbocycles. The van der Waals surface area contributed by atoms with Crippen LogP contribution < -0.4 is 11.1 Å². The first-order chi connectivity index (χ1) is 3.71. The number of hydrogen-bond acceptors (Lipinski definition) is 2. The fourth-order valence-electron chi connectivity index (χ4n) is 0.475. The van der Waals surface area contributed by atoms with Gasteiger partial charge in [0.15, 0.2) is 4.57 Å². The first kappa shape index (κ1) is 5.85. The highest BCUT2D eigenvalue weighted by molar-refractivity contribution is 9.10. The van der Waals surface area contributed by atoms with Crippen LogP contribution in [0.25, 0.3) is 0 Å². The van der Waals surface area contributed by atoms with Gasteiger partial charge in [0.1, 0.15) is 0 Å². The number of halogens is 1. The molecule has 0 fully saturated rings. The molecule has 0 amide bonds. The van der Waals surface area contributed by atoms with Gasteiger partial charge in [0.2, 0.25) is 0 Å². The van der Waals surface area contributed by atoms with Crippen molar-refractivity contribution in [3.05, 3.63) is 24.4 Å². The Bertz CT molecular complexity index is 137. The summed E-state index contributed by atoms with van der Waals surface area (Å²) in [6.07, 6.45) is 7.37. The molecule has 0 bridgehead atoms. The van der Waals surface area contributed by atoms with Crippen LogP contribution in [0.4, 0.5) is 0 Å². The molecular weight excluding hydrogens is 168 g/mol. The second-order valence-corrected chi connectivity index (χ2v) is 2.94. The molecule has 0 aromatic carbocycles. The van der Waals surface area contributed by atoms with Crippen molar-refractivity contribution in [3.63, 3.8) is 0 Å². The summed E-state index contributed by atoms with van der Waals surface area (Å²) in [7, 11) is 0. The van der Waals surface area contributed by atoms with E-state index in [-0.39, 0.29) is 0 Å². The van der Waals surface area contributed by atoms with E-state index in [2.05, 4.69) is 21.2 Å². The molecule has 8 heavy (non-hydrogen) atoms. The van der Waals surface area contributed by atoms with Gasteiger partial charge >= 0.3 is 0 Å². The molecule has 0 saturated heterocycles. The van der Waals surface area contributed by atoms with Crippen LogP contribution >= 0.6 is 15.9 Å². The van der Waals surface area contributed by atoms with E-state index < -0.39 is 4.57 Å². The van der Waals surface area contributed by atoms with Gasteiger partial charge in [-0.05, 0) is 34.3 Å². The molecule has 44 valence electrons. The molecule has 0 radical (unpaired) electrons. The van der Waals surface area contributed by atoms with Gasteiger partial charge in [-0.1, -0.05) is 6.08 Å². The lowest BCUT2D eigenvalue weighted by Gasteiger charge is -2.19. The van der Waals surface area contributed by atoms with Crippen molar-refractivity contribution in [2.45, 2.75) is 4.57 Å². The first-order valence-corrected chi connectivity index (χ1v) is 3.10. The third-order valence-corrected chi connectivity index (χ3v) is 1.34. The smallest absolute Gasteiger partial charge is 0.162 e. The lowest BCUT2D eigenvalue weighted by molar-refractivity contribution is 0.681. The monoisotopic (exact) mass is 174 g/mol. The van der Waals surface area contributed by atoms with Crippen molar-refractivity contribution >= 4 is 15.9 Å². The van der Waals surface area contributed by atoms with Crippen molar-refractivity contribution in [1.29, 1.82) is 0 Å². The van der Waals surface area contributed by atoms with Crippen LogP contribution in [0.5, 0.6) is 0 Å². The summed E-state index contributed by atoms with van der Waals surface area (Å²) >= 11 is 3.22. The van der Waals surface area contributed by atoms with Crippen LogP contribution in [-0.4, -0.2) is 4.57 Å². The second kappa shape index (κ2) is 1.91. The van der Waals surface area contributed by atoms with E-state index in [9.17, 15) is 0 Å². The van der Waals surface area contributed by atoms with Gasteiger partial charge in [-0.25, -0.2) is 0 Å². The first-order valence-electron chi connectivity index (χ1n) is 2.31. The van der Waals surface area contributed by atoms with Crippen molar-refractivity contribution < 1.29 is 0 Å². The second-order valence-electron chi connectivity index (χ2n) is 1.63. The van der Waals surface area contributed by atoms with Gasteiger partial charge in [0, 0.05) is 0 Å². The molecule has 3 heteroatoms. The molecule has 1 atom stereocenters. The number of dihydropyridines is 1. The fourth-order valence-corrected chi connectivity index (χ4v) is 0.760. The Morgan fingerprint density at radius 2 is 2.25 bits per heavy atom. The molecule has 0 unspecified atom stereocenters. The molecule has 2 nitrogen and oxygen atoms in total. The molecule has 0 spiro atoms. The zero-order chi connectivity index (χ0) is 6.04. The maximum absolute atomic E-state index is 5.55. The van der Waals surface area contributed by atoms with Gasteiger partial charge in [0.05, 0.1) is 0 Å². The van der Waals surface area contributed by atoms with Crippen molar-refractivity contribution in [2.75, 3.05) is 0 Å². The lowest BCUT2D eigenvalue weighted by atomic mass is 10.3. The van der Waals surface area contributed by atoms with Crippen LogP contribution in [-0.2, 0) is 0 Å². The molecule has 0 saturated carbocycles. The van der Waals surface area contributed by atoms with Gasteiger partial charge in [-0.3, -0.25) is 5.73 Å². The summed E-state index contributed by atoms with van der Waals surface area (Å²) in [4.78, 5) is 0. The number of allylic oxidation sites excluding steroid dienone is 2. The molecule has 1 heterocycles. The number of nitrogens with two attached hydrogens (primary N) is 1. The minimum Gasteiger partial charge on any atom is -0.361 e. The van der Waals surface area contributed by atoms with Crippen molar-refractivity contribution in [2.24, 2.45) is 5.73 Å². The van der Waals surface area contributed by atoms with E-state index in [1.165, 1.54) is 0 Å². The van der Waals surface area contributed by atoms with Gasteiger partial charge in [-0.2, -0.15) is 0 Å². The van der Waals surface area contributed by atoms with Crippen LogP contribution in [0, 0.1) is 0 Å². The third kappa shape index (κ3) is 1.35. The zero-order valence-corrected chi connectivity index (χ0v) is 5.85. The highest BCUT2D eigenvalue weighted by Crippen LogP contribution is 2.10. The zero-order valence-electron chi connectivity index (χ0n) is 4.26. The Morgan fingerprint density at radius 1 is 1.50 bits per heavy atom. The predicted octanol–water partition coefficient (Wildman–Crippen LogP) is 0.667. The highest BCUT2D eigenvalue weighted by atomic mass is 79.9. The summed E-state index contributed by atoms with van der Waals surface area (Å²) < 4.78 is -0.526. The Labute approximate surface area is 56.6 Å². The Balaban J connectivity index is 2.65. The quantitative estimate of drug-likeness (QED) is 0.419. The Kier molecular flexibility index (Phi) is 1.40. The summed E-state index contributed by atoms with van der Waals surface area (Å²) in [6.45, 7) is 0. The van der Waals surface area contributed by atoms with Crippen LogP contribution in [0.15, 0.2) is 24.4 Å². The normalized spacial score (nSPS) is 34.8. The van der Waals surface area contributed by atoms with Crippen molar-refractivity contribution in [1.82, 2.24) is 5.32 Å². The SMILES string of the molecule is N[C@]1(Br)C=CC=CN1. The van der Waals surface area contributed by atoms with E-state index in [0.29, 0.717) is 0 Å². The van der Waals surface area contributed by atoms with Gasteiger partial charge in [0.25, 0.3) is 0 Å². The van der Waals surface area contributed by atoms with E-state index in [1.54, 1.807) is 6.20 Å². The summed E-state index contributed by atoms with van der Waals surface area (Å²) in [5.74, 6) is 0. The number of hydrogen-bond donors (Lipinski definition) is 2. The summed E-state index contributed by atoms with van der Waals surface area (Å²) in [5.41, 5.74) is 5.55. The summed E-state index contributed by atoms with van der Waals surface area (Å²) in [6, 6.07) is 0. The Hall–Kier alpha value is -0.280. The molecule has 0 aromatic heterocycles. The van der Waals surface area contributed by atoms with E-state index >= 15 is 0 Å². The van der Waals surface area contributed by atoms with E-state index in [4.69, 9.17) is 5.73 Å². The van der Waals surface area contributed by atoms with Gasteiger partial charge < -0.3 is 5.32 Å². The minimum atomic E-state index is -0.526. The molecule has 0 aromatic rings. The topological polar surface area (TPSA) is 38.0 Å². The summed E-state index contributed by atoms with van der Waals surface area (Å²) in [5, 5.41) is 2.89. The lowest BCUT2D eigenvalue weighted by Crippen LogP contribution is -2.43. The van der Waals surface area contributed by atoms with Gasteiger partial charge in [-0.15, -0.1) is 0 Å². The van der Waals surface area contributed by atoms with E-state index in [1.807, 2.05) is 18.2 Å². The van der Waals surface area contributed by atoms with E-state index in [0.717, 1.165) is 0 Å². The van der Waals surface area contributed by atoms with Crippen LogP contribution in [0.2, 0.25) is 0 Å². The predicted molar refractivity (Wildman–Crippen MR) is 37.3 cm³/mol. The van der Waals surface area contributed by atoms with Crippen molar-refractivity contribution in [3.8, 4) is 0 Å². The maximum atomic E-state index is 5.55. The van der Waals surface area contributed by atoms with Crippen LogP contribution in [0.3, 0.4) is 0 Å². The fraction of sp³-hybridized carbons (Fsp3) is 0.200. The largest absolute Gasteiger partial charge is 0.361 e. The Morgan fingerprint density at radius 3 is 2.50 bits per heavy atom. The van der Waals surface area contributed by atoms with Crippen LogP contribution in [0.1, 0.15) is 0 Å². The molecule has 1 aliphatic heterocycles. The molecule has 3 N–H and O–H groups in total. The average Bonchev–Trinajstić information content (AvgIpc) is 1.65. The number of nitrogens with one attached hydrogen (secondary N) is 1. The number of alkyl halides is 1. The molecule has 1 rings (SSSR count). The molecular formula is C5H7BrN2. The standard InChI is InChI=1S/C5H7BrN2/c6-5(7)3-1-2-4-8-5/h1-4,8H,7H2/t5-/m1/s1. The molecule has 1 aliphatic rings. The average molecular weight is 175 g/mol. The maximum Gasteiger partial charge on any atom is 0.162 e. The minimum absolute atomic E-state index is 0.526. The third-order valence-electron chi connectivity index (χ3n) is 0.851.